The molecule has 0 radical (unpaired) electrons. The summed E-state index contributed by atoms with van der Waals surface area (Å²) in [5.74, 6) is -0.285. The van der Waals surface area contributed by atoms with Crippen LogP contribution >= 0.6 is 15.9 Å². The average molecular weight is 502 g/mol. The zero-order chi connectivity index (χ0) is 24.1. The molecular formula is C27H36BrNO3. The first kappa shape index (κ1) is 26.1. The number of alkyl carbamates (subject to hydrolysis) is 1. The third-order valence-electron chi connectivity index (χ3n) is 5.39. The number of hydrogen-bond acceptors (Lipinski definition) is 3. The molecule has 32 heavy (non-hydrogen) atoms. The molecule has 0 aromatic heterocycles. The molecule has 0 fully saturated rings. The standard InChI is InChI=1S/C27H36BrNO3/c1-18(23(30)17-10-19-8-15-22(28)16-9-19)24(29-25(31)32-27(5,6)7)20-11-13-21(14-12-20)26(2,3)4/h8-9,11-16,18,24H,10,17H2,1-7H3,(H,29,31)/t18-,24-/m0/s1. The van der Waals surface area contributed by atoms with Gasteiger partial charge in [-0.25, -0.2) is 4.79 Å². The van der Waals surface area contributed by atoms with Crippen molar-refractivity contribution in [1.82, 2.24) is 5.32 Å². The Morgan fingerprint density at radius 2 is 1.50 bits per heavy atom. The number of ketones is 1. The van der Waals surface area contributed by atoms with Crippen LogP contribution in [0, 0.1) is 5.92 Å². The van der Waals surface area contributed by atoms with Gasteiger partial charge in [-0.05, 0) is 61.4 Å². The lowest BCUT2D eigenvalue weighted by Crippen LogP contribution is -2.39. The molecular weight excluding hydrogens is 466 g/mol. The van der Waals surface area contributed by atoms with Gasteiger partial charge < -0.3 is 10.1 Å². The quantitative estimate of drug-likeness (QED) is 0.438. The highest BCUT2D eigenvalue weighted by Crippen LogP contribution is 2.28. The Bertz CT molecular complexity index is 906. The number of halogens is 1. The van der Waals surface area contributed by atoms with E-state index in [2.05, 4.69) is 54.2 Å². The highest BCUT2D eigenvalue weighted by atomic mass is 79.9. The normalized spacial score (nSPS) is 13.9. The molecule has 0 saturated heterocycles. The van der Waals surface area contributed by atoms with Gasteiger partial charge in [0.1, 0.15) is 11.4 Å². The van der Waals surface area contributed by atoms with Gasteiger partial charge in [-0.2, -0.15) is 0 Å². The number of aryl methyl sites for hydroxylation is 1. The molecule has 0 aliphatic carbocycles. The Kier molecular flexibility index (Phi) is 8.69. The van der Waals surface area contributed by atoms with Crippen LogP contribution in [0.3, 0.4) is 0 Å². The van der Waals surface area contributed by atoms with Crippen LogP contribution in [0.1, 0.15) is 77.6 Å². The summed E-state index contributed by atoms with van der Waals surface area (Å²) in [5, 5.41) is 2.95. The van der Waals surface area contributed by atoms with Gasteiger partial charge in [0.2, 0.25) is 0 Å². The summed E-state index contributed by atoms with van der Waals surface area (Å²) in [6.45, 7) is 13.8. The van der Waals surface area contributed by atoms with E-state index in [1.165, 1.54) is 5.56 Å². The fourth-order valence-corrected chi connectivity index (χ4v) is 3.72. The number of nitrogens with one attached hydrogen (secondary N) is 1. The summed E-state index contributed by atoms with van der Waals surface area (Å²) in [6, 6.07) is 15.7. The molecule has 5 heteroatoms. The molecule has 0 spiro atoms. The predicted molar refractivity (Wildman–Crippen MR) is 134 cm³/mol. The third kappa shape index (κ3) is 8.09. The van der Waals surface area contributed by atoms with E-state index in [9.17, 15) is 9.59 Å². The molecule has 174 valence electrons. The lowest BCUT2D eigenvalue weighted by atomic mass is 9.84. The van der Waals surface area contributed by atoms with E-state index in [1.807, 2.05) is 64.1 Å². The molecule has 4 nitrogen and oxygen atoms in total. The van der Waals surface area contributed by atoms with Gasteiger partial charge >= 0.3 is 6.09 Å². The second kappa shape index (κ2) is 10.7. The number of carbonyl (C=O) groups excluding carboxylic acids is 2. The van der Waals surface area contributed by atoms with Crippen molar-refractivity contribution >= 4 is 27.8 Å². The first-order valence-electron chi connectivity index (χ1n) is 11.1. The van der Waals surface area contributed by atoms with Gasteiger partial charge in [0.25, 0.3) is 0 Å². The minimum absolute atomic E-state index is 0.0265. The van der Waals surface area contributed by atoms with Crippen molar-refractivity contribution < 1.29 is 14.3 Å². The SMILES string of the molecule is C[C@@H](C(=O)CCc1ccc(Br)cc1)[C@H](NC(=O)OC(C)(C)C)c1ccc(C(C)(C)C)cc1. The molecule has 0 aliphatic rings. The number of benzene rings is 2. The Hall–Kier alpha value is -2.14. The number of Topliss-reactive ketones (excluding diaryl/α,β-unsaturated/α-hetero) is 1. The van der Waals surface area contributed by atoms with Crippen LogP contribution in [0.2, 0.25) is 0 Å². The lowest BCUT2D eigenvalue weighted by molar-refractivity contribution is -0.123. The molecule has 1 N–H and O–H groups in total. The smallest absolute Gasteiger partial charge is 0.408 e. The van der Waals surface area contributed by atoms with E-state index >= 15 is 0 Å². The summed E-state index contributed by atoms with van der Waals surface area (Å²) in [7, 11) is 0. The number of ether oxygens (including phenoxy) is 1. The van der Waals surface area contributed by atoms with Crippen molar-refractivity contribution in [3.63, 3.8) is 0 Å². The van der Waals surface area contributed by atoms with E-state index in [4.69, 9.17) is 4.74 Å². The second-order valence-electron chi connectivity index (χ2n) is 10.4. The summed E-state index contributed by atoms with van der Waals surface area (Å²) >= 11 is 3.44. The van der Waals surface area contributed by atoms with Crippen molar-refractivity contribution in [1.29, 1.82) is 0 Å². The van der Waals surface area contributed by atoms with Crippen LogP contribution in [0.25, 0.3) is 0 Å². The highest BCUT2D eigenvalue weighted by molar-refractivity contribution is 9.10. The Morgan fingerprint density at radius 1 is 0.938 bits per heavy atom. The maximum absolute atomic E-state index is 13.1. The zero-order valence-corrected chi connectivity index (χ0v) is 21.9. The molecule has 1 amide bonds. The molecule has 0 heterocycles. The Balaban J connectivity index is 2.20. The highest BCUT2D eigenvalue weighted by Gasteiger charge is 2.29. The van der Waals surface area contributed by atoms with Crippen LogP contribution in [-0.2, 0) is 21.4 Å². The summed E-state index contributed by atoms with van der Waals surface area (Å²) < 4.78 is 6.49. The molecule has 0 unspecified atom stereocenters. The number of amides is 1. The molecule has 0 bridgehead atoms. The summed E-state index contributed by atoms with van der Waals surface area (Å²) in [4.78, 5) is 25.6. The Morgan fingerprint density at radius 3 is 2.00 bits per heavy atom. The maximum atomic E-state index is 13.1. The van der Waals surface area contributed by atoms with E-state index in [-0.39, 0.29) is 11.2 Å². The minimum Gasteiger partial charge on any atom is -0.444 e. The first-order valence-corrected chi connectivity index (χ1v) is 11.9. The van der Waals surface area contributed by atoms with Crippen LogP contribution < -0.4 is 5.32 Å². The van der Waals surface area contributed by atoms with Crippen molar-refractivity contribution in [3.05, 3.63) is 69.7 Å². The Labute approximate surface area is 201 Å². The zero-order valence-electron chi connectivity index (χ0n) is 20.3. The molecule has 2 atom stereocenters. The van der Waals surface area contributed by atoms with Gasteiger partial charge in [0, 0.05) is 16.8 Å². The number of rotatable bonds is 7. The molecule has 2 rings (SSSR count). The van der Waals surface area contributed by atoms with E-state index in [0.717, 1.165) is 15.6 Å². The predicted octanol–water partition coefficient (Wildman–Crippen LogP) is 7.15. The number of carbonyl (C=O) groups is 2. The molecule has 0 aliphatic heterocycles. The van der Waals surface area contributed by atoms with Gasteiger partial charge in [0.15, 0.2) is 0 Å². The average Bonchev–Trinajstić information content (AvgIpc) is 2.69. The van der Waals surface area contributed by atoms with Gasteiger partial charge in [-0.15, -0.1) is 0 Å². The van der Waals surface area contributed by atoms with Crippen LogP contribution in [0.4, 0.5) is 4.79 Å². The van der Waals surface area contributed by atoms with Crippen LogP contribution in [0.15, 0.2) is 53.0 Å². The van der Waals surface area contributed by atoms with Gasteiger partial charge in [-0.1, -0.05) is 80.0 Å². The first-order chi connectivity index (χ1) is 14.8. The van der Waals surface area contributed by atoms with Crippen molar-refractivity contribution in [2.75, 3.05) is 0 Å². The molecule has 2 aromatic carbocycles. The summed E-state index contributed by atoms with van der Waals surface area (Å²) in [6.07, 6.45) is 0.559. The van der Waals surface area contributed by atoms with Crippen LogP contribution in [-0.4, -0.2) is 17.5 Å². The summed E-state index contributed by atoms with van der Waals surface area (Å²) in [5.41, 5.74) is 2.62. The van der Waals surface area contributed by atoms with Crippen molar-refractivity contribution in [3.8, 4) is 0 Å². The van der Waals surface area contributed by atoms with Crippen LogP contribution in [0.5, 0.6) is 0 Å². The van der Waals surface area contributed by atoms with E-state index in [1.54, 1.807) is 0 Å². The number of hydrogen-bond donors (Lipinski definition) is 1. The third-order valence-corrected chi connectivity index (χ3v) is 5.92. The largest absolute Gasteiger partial charge is 0.444 e. The van der Waals surface area contributed by atoms with E-state index < -0.39 is 23.7 Å². The fraction of sp³-hybridized carbons (Fsp3) is 0.481. The van der Waals surface area contributed by atoms with Crippen molar-refractivity contribution in [2.24, 2.45) is 5.92 Å². The van der Waals surface area contributed by atoms with Gasteiger partial charge in [-0.3, -0.25) is 4.79 Å². The maximum Gasteiger partial charge on any atom is 0.408 e. The monoisotopic (exact) mass is 501 g/mol. The molecule has 0 saturated carbocycles. The fourth-order valence-electron chi connectivity index (χ4n) is 3.45. The van der Waals surface area contributed by atoms with Gasteiger partial charge in [0.05, 0.1) is 6.04 Å². The minimum atomic E-state index is -0.612. The van der Waals surface area contributed by atoms with E-state index in [0.29, 0.717) is 12.8 Å². The van der Waals surface area contributed by atoms with Crippen molar-refractivity contribution in [2.45, 2.75) is 78.4 Å². The second-order valence-corrected chi connectivity index (χ2v) is 11.3. The molecule has 2 aromatic rings. The lowest BCUT2D eigenvalue weighted by Gasteiger charge is -2.28. The topological polar surface area (TPSA) is 55.4 Å².